The molecular weight excluding hydrogens is 180 g/mol. The number of ketones is 1. The zero-order chi connectivity index (χ0) is 9.68. The molecule has 1 nitrogen and oxygen atoms in total. The molecule has 66 valence electrons. The Kier molecular flexibility index (Phi) is 3.60. The summed E-state index contributed by atoms with van der Waals surface area (Å²) < 4.78 is 0. The normalized spacial score (nSPS) is 9.23. The number of thioether (sulfide) groups is 1. The fraction of sp³-hybridized carbons (Fsp3) is 0.182. The van der Waals surface area contributed by atoms with Crippen LogP contribution in [0.2, 0.25) is 0 Å². The fourth-order valence-corrected chi connectivity index (χ4v) is 1.74. The third-order valence-corrected chi connectivity index (χ3v) is 2.79. The molecule has 0 bridgehead atoms. The molecule has 0 saturated carbocycles. The molecular formula is C11H10OS. The molecule has 1 rings (SSSR count). The molecule has 1 aromatic carbocycles. The highest BCUT2D eigenvalue weighted by Crippen LogP contribution is 2.21. The van der Waals surface area contributed by atoms with E-state index in [0.717, 1.165) is 4.90 Å². The van der Waals surface area contributed by atoms with Gasteiger partial charge >= 0.3 is 0 Å². The highest BCUT2D eigenvalue weighted by Gasteiger charge is 2.00. The van der Waals surface area contributed by atoms with E-state index in [1.165, 1.54) is 17.3 Å². The molecule has 1 aromatic rings. The van der Waals surface area contributed by atoms with Crippen LogP contribution in [-0.2, 0) is 4.79 Å². The third kappa shape index (κ3) is 2.96. The maximum atomic E-state index is 10.8. The smallest absolute Gasteiger partial charge is 0.215 e. The van der Waals surface area contributed by atoms with Crippen LogP contribution < -0.4 is 0 Å². The van der Waals surface area contributed by atoms with Gasteiger partial charge in [-0.15, -0.1) is 18.2 Å². The summed E-state index contributed by atoms with van der Waals surface area (Å²) in [6, 6.07) is 7.94. The van der Waals surface area contributed by atoms with Crippen molar-refractivity contribution in [3.8, 4) is 12.3 Å². The van der Waals surface area contributed by atoms with Crippen molar-refractivity contribution in [2.75, 3.05) is 5.75 Å². The maximum absolute atomic E-state index is 10.8. The fourth-order valence-electron chi connectivity index (χ4n) is 0.903. The number of hydrogen-bond donors (Lipinski definition) is 0. The quantitative estimate of drug-likeness (QED) is 0.413. The second-order valence-corrected chi connectivity index (χ2v) is 3.64. The molecule has 0 N–H and O–H groups in total. The molecule has 0 radical (unpaired) electrons. The number of benzene rings is 1. The van der Waals surface area contributed by atoms with Crippen molar-refractivity contribution in [2.24, 2.45) is 0 Å². The minimum atomic E-state index is -0.159. The van der Waals surface area contributed by atoms with Crippen LogP contribution in [0.4, 0.5) is 0 Å². The molecule has 0 heterocycles. The summed E-state index contributed by atoms with van der Waals surface area (Å²) in [4.78, 5) is 12.0. The number of Topliss-reactive ketones (excluding diaryl/α,β-unsaturated/α-hetero) is 1. The lowest BCUT2D eigenvalue weighted by atomic mass is 10.2. The molecule has 0 unspecified atom stereocenters. The largest absolute Gasteiger partial charge is 0.284 e. The Morgan fingerprint density at radius 2 is 2.23 bits per heavy atom. The van der Waals surface area contributed by atoms with Crippen molar-refractivity contribution < 1.29 is 4.79 Å². The van der Waals surface area contributed by atoms with Crippen LogP contribution in [0.1, 0.15) is 5.56 Å². The third-order valence-electron chi connectivity index (χ3n) is 1.61. The summed E-state index contributed by atoms with van der Waals surface area (Å²) in [5.41, 5.74) is 1.18. The van der Waals surface area contributed by atoms with Gasteiger partial charge in [0, 0.05) is 4.90 Å². The Morgan fingerprint density at radius 3 is 2.85 bits per heavy atom. The van der Waals surface area contributed by atoms with E-state index in [9.17, 15) is 4.79 Å². The van der Waals surface area contributed by atoms with E-state index in [1.807, 2.05) is 31.2 Å². The van der Waals surface area contributed by atoms with Gasteiger partial charge in [-0.2, -0.15) is 0 Å². The van der Waals surface area contributed by atoms with E-state index in [1.54, 1.807) is 0 Å². The van der Waals surface area contributed by atoms with Gasteiger partial charge in [-0.25, -0.2) is 0 Å². The van der Waals surface area contributed by atoms with Crippen LogP contribution in [0.25, 0.3) is 0 Å². The first kappa shape index (κ1) is 9.88. The average molecular weight is 190 g/mol. The van der Waals surface area contributed by atoms with Crippen molar-refractivity contribution in [3.05, 3.63) is 29.8 Å². The van der Waals surface area contributed by atoms with Gasteiger partial charge in [0.1, 0.15) is 0 Å². The molecule has 0 saturated heterocycles. The van der Waals surface area contributed by atoms with E-state index in [4.69, 9.17) is 6.42 Å². The van der Waals surface area contributed by atoms with Crippen LogP contribution in [0, 0.1) is 19.3 Å². The minimum absolute atomic E-state index is 0.159. The van der Waals surface area contributed by atoms with E-state index < -0.39 is 0 Å². The van der Waals surface area contributed by atoms with Crippen LogP contribution >= 0.6 is 11.8 Å². The summed E-state index contributed by atoms with van der Waals surface area (Å²) in [5.74, 6) is 2.30. The number of carbonyl (C=O) groups is 1. The van der Waals surface area contributed by atoms with Crippen molar-refractivity contribution >= 4 is 17.5 Å². The van der Waals surface area contributed by atoms with Gasteiger partial charge in [-0.3, -0.25) is 4.79 Å². The van der Waals surface area contributed by atoms with Crippen molar-refractivity contribution in [1.82, 2.24) is 0 Å². The maximum Gasteiger partial charge on any atom is 0.215 e. The summed E-state index contributed by atoms with van der Waals surface area (Å²) in [6.45, 7) is 2.02. The molecule has 13 heavy (non-hydrogen) atoms. The van der Waals surface area contributed by atoms with E-state index >= 15 is 0 Å². The van der Waals surface area contributed by atoms with Gasteiger partial charge in [0.25, 0.3) is 0 Å². The Labute approximate surface area is 82.5 Å². The molecule has 0 aliphatic carbocycles. The lowest BCUT2D eigenvalue weighted by Gasteiger charge is -2.01. The first-order valence-corrected chi connectivity index (χ1v) is 4.90. The summed E-state index contributed by atoms with van der Waals surface area (Å²) in [5, 5.41) is 0. The van der Waals surface area contributed by atoms with E-state index in [0.29, 0.717) is 5.75 Å². The Hall–Kier alpha value is -1.20. The number of hydrogen-bond acceptors (Lipinski definition) is 2. The summed E-state index contributed by atoms with van der Waals surface area (Å²) in [6.07, 6.45) is 4.96. The lowest BCUT2D eigenvalue weighted by Crippen LogP contribution is -1.96. The number of carbonyl (C=O) groups excluding carboxylic acids is 1. The lowest BCUT2D eigenvalue weighted by molar-refractivity contribution is -0.111. The summed E-state index contributed by atoms with van der Waals surface area (Å²) in [7, 11) is 0. The predicted octanol–water partition coefficient (Wildman–Crippen LogP) is 2.29. The summed E-state index contributed by atoms with van der Waals surface area (Å²) >= 11 is 1.49. The standard InChI is InChI=1S/C11H10OS/c1-3-10(12)8-13-11-7-5-4-6-9(11)2/h1,4-7H,8H2,2H3. The molecule has 2 heteroatoms. The molecule has 0 amide bonds. The molecule has 0 aromatic heterocycles. The topological polar surface area (TPSA) is 17.1 Å². The van der Waals surface area contributed by atoms with Crippen molar-refractivity contribution in [1.29, 1.82) is 0 Å². The van der Waals surface area contributed by atoms with Crippen molar-refractivity contribution in [2.45, 2.75) is 11.8 Å². The van der Waals surface area contributed by atoms with Gasteiger partial charge in [0.05, 0.1) is 5.75 Å². The van der Waals surface area contributed by atoms with Crippen LogP contribution in [0.5, 0.6) is 0 Å². The van der Waals surface area contributed by atoms with Gasteiger partial charge in [-0.1, -0.05) is 18.2 Å². The van der Waals surface area contributed by atoms with Gasteiger partial charge in [-0.05, 0) is 24.5 Å². The average Bonchev–Trinajstić information content (AvgIpc) is 2.16. The SMILES string of the molecule is C#CC(=O)CSc1ccccc1C. The van der Waals surface area contributed by atoms with Gasteiger partial charge in [0.15, 0.2) is 0 Å². The predicted molar refractivity (Wildman–Crippen MR) is 55.7 cm³/mol. The second kappa shape index (κ2) is 4.74. The number of aryl methyl sites for hydroxylation is 1. The van der Waals surface area contributed by atoms with E-state index in [-0.39, 0.29) is 5.78 Å². The highest BCUT2D eigenvalue weighted by atomic mass is 32.2. The monoisotopic (exact) mass is 190 g/mol. The van der Waals surface area contributed by atoms with Crippen molar-refractivity contribution in [3.63, 3.8) is 0 Å². The second-order valence-electron chi connectivity index (χ2n) is 2.62. The molecule has 0 aliphatic rings. The molecule has 0 fully saturated rings. The van der Waals surface area contributed by atoms with Crippen LogP contribution in [0.15, 0.2) is 29.2 Å². The van der Waals surface area contributed by atoms with Crippen LogP contribution in [-0.4, -0.2) is 11.5 Å². The minimum Gasteiger partial charge on any atom is -0.284 e. The zero-order valence-electron chi connectivity index (χ0n) is 7.41. The number of terminal acetylenes is 1. The Bertz CT molecular complexity index is 349. The number of rotatable bonds is 3. The van der Waals surface area contributed by atoms with E-state index in [2.05, 4.69) is 5.92 Å². The molecule has 0 aliphatic heterocycles. The van der Waals surface area contributed by atoms with Crippen LogP contribution in [0.3, 0.4) is 0 Å². The Morgan fingerprint density at radius 1 is 1.54 bits per heavy atom. The van der Waals surface area contributed by atoms with Gasteiger partial charge in [0.2, 0.25) is 5.78 Å². The Balaban J connectivity index is 2.61. The highest BCUT2D eigenvalue weighted by molar-refractivity contribution is 8.00. The molecule has 0 spiro atoms. The molecule has 0 atom stereocenters. The van der Waals surface area contributed by atoms with Gasteiger partial charge < -0.3 is 0 Å². The zero-order valence-corrected chi connectivity index (χ0v) is 8.23. The first-order chi connectivity index (χ1) is 6.24. The first-order valence-electron chi connectivity index (χ1n) is 3.92.